The minimum absolute atomic E-state index is 0.267. The van der Waals surface area contributed by atoms with Gasteiger partial charge in [0.25, 0.3) is 5.91 Å². The minimum Gasteiger partial charge on any atom is -0.378 e. The third kappa shape index (κ3) is 3.32. The summed E-state index contributed by atoms with van der Waals surface area (Å²) in [6, 6.07) is 9.15. The number of nitrogens with zero attached hydrogens (tertiary/aromatic N) is 3. The van der Waals surface area contributed by atoms with E-state index in [9.17, 15) is 13.6 Å². The highest BCUT2D eigenvalue weighted by molar-refractivity contribution is 7.16. The van der Waals surface area contributed by atoms with Crippen molar-refractivity contribution in [2.45, 2.75) is 13.5 Å². The Morgan fingerprint density at radius 3 is 2.48 bits per heavy atom. The fourth-order valence-corrected chi connectivity index (χ4v) is 3.69. The van der Waals surface area contributed by atoms with E-state index in [0.29, 0.717) is 21.6 Å². The van der Waals surface area contributed by atoms with Gasteiger partial charge in [-0.1, -0.05) is 11.3 Å². The Morgan fingerprint density at radius 1 is 1.20 bits per heavy atom. The number of carbonyl (C=O) groups is 1. The van der Waals surface area contributed by atoms with Gasteiger partial charge in [0, 0.05) is 38.0 Å². The van der Waals surface area contributed by atoms with Crippen molar-refractivity contribution in [2.24, 2.45) is 4.99 Å². The van der Waals surface area contributed by atoms with Crippen molar-refractivity contribution in [3.8, 4) is 0 Å². The summed E-state index contributed by atoms with van der Waals surface area (Å²) in [7, 11) is 3.83. The Kier molecular flexibility index (Phi) is 4.67. The maximum absolute atomic E-state index is 14.1. The molecule has 0 aliphatic rings. The molecule has 0 radical (unpaired) electrons. The lowest BCUT2D eigenvalue weighted by molar-refractivity contribution is 0.0998. The molecule has 0 saturated heterocycles. The van der Waals surface area contributed by atoms with Crippen LogP contribution in [0.2, 0.25) is 0 Å². The van der Waals surface area contributed by atoms with Crippen LogP contribution in [0.3, 0.4) is 0 Å². The lowest BCUT2D eigenvalue weighted by atomic mass is 10.2. The summed E-state index contributed by atoms with van der Waals surface area (Å²) in [5, 5.41) is 0. The van der Waals surface area contributed by atoms with Crippen molar-refractivity contribution in [3.05, 3.63) is 58.4 Å². The summed E-state index contributed by atoms with van der Waals surface area (Å²) < 4.78 is 29.5. The van der Waals surface area contributed by atoms with Crippen LogP contribution in [-0.2, 0) is 6.54 Å². The normalized spacial score (nSPS) is 12.0. The van der Waals surface area contributed by atoms with E-state index in [1.165, 1.54) is 6.07 Å². The molecule has 1 aromatic heterocycles. The third-order valence-electron chi connectivity index (χ3n) is 3.84. The van der Waals surface area contributed by atoms with Crippen LogP contribution < -0.4 is 9.70 Å². The van der Waals surface area contributed by atoms with Gasteiger partial charge in [0.1, 0.15) is 5.82 Å². The molecule has 3 aromatic rings. The quantitative estimate of drug-likeness (QED) is 0.711. The van der Waals surface area contributed by atoms with Crippen molar-refractivity contribution in [1.82, 2.24) is 4.57 Å². The summed E-state index contributed by atoms with van der Waals surface area (Å²) in [5.41, 5.74) is 1.68. The smallest absolute Gasteiger partial charge is 0.279 e. The van der Waals surface area contributed by atoms with Crippen LogP contribution in [0.25, 0.3) is 10.2 Å². The zero-order valence-corrected chi connectivity index (χ0v) is 14.9. The number of amides is 1. The lowest BCUT2D eigenvalue weighted by Gasteiger charge is -2.11. The van der Waals surface area contributed by atoms with Crippen LogP contribution in [0.5, 0.6) is 0 Å². The summed E-state index contributed by atoms with van der Waals surface area (Å²) in [6.45, 7) is 2.25. The first kappa shape index (κ1) is 17.3. The summed E-state index contributed by atoms with van der Waals surface area (Å²) >= 11 is 1.10. The number of carbonyl (C=O) groups excluding carboxylic acids is 1. The molecule has 2 aromatic carbocycles. The molecular weight excluding hydrogens is 344 g/mol. The second kappa shape index (κ2) is 6.76. The van der Waals surface area contributed by atoms with Crippen LogP contribution in [0.1, 0.15) is 17.3 Å². The average Bonchev–Trinajstić information content (AvgIpc) is 2.91. The predicted molar refractivity (Wildman–Crippen MR) is 96.1 cm³/mol. The zero-order chi connectivity index (χ0) is 18.1. The molecule has 0 saturated carbocycles. The van der Waals surface area contributed by atoms with Gasteiger partial charge in [-0.05, 0) is 37.3 Å². The number of anilines is 1. The number of rotatable bonds is 3. The Hall–Kier alpha value is -2.54. The molecule has 0 fully saturated rings. The first-order valence-corrected chi connectivity index (χ1v) is 8.57. The third-order valence-corrected chi connectivity index (χ3v) is 4.86. The van der Waals surface area contributed by atoms with E-state index < -0.39 is 17.5 Å². The Bertz CT molecular complexity index is 1000. The van der Waals surface area contributed by atoms with Gasteiger partial charge in [-0.25, -0.2) is 8.78 Å². The SMILES string of the molecule is CCn1c(=NC(=O)c2ccc(N(C)C)cc2)sc2cc(F)cc(F)c21. The van der Waals surface area contributed by atoms with Crippen molar-refractivity contribution >= 4 is 33.1 Å². The van der Waals surface area contributed by atoms with E-state index in [4.69, 9.17) is 0 Å². The molecule has 0 spiro atoms. The minimum atomic E-state index is -0.655. The highest BCUT2D eigenvalue weighted by Crippen LogP contribution is 2.22. The molecule has 0 bridgehead atoms. The van der Waals surface area contributed by atoms with Gasteiger partial charge in [0.15, 0.2) is 10.6 Å². The van der Waals surface area contributed by atoms with Crippen molar-refractivity contribution < 1.29 is 13.6 Å². The van der Waals surface area contributed by atoms with E-state index in [2.05, 4.69) is 4.99 Å². The Labute approximate surface area is 147 Å². The van der Waals surface area contributed by atoms with Crippen LogP contribution in [0.15, 0.2) is 41.4 Å². The maximum Gasteiger partial charge on any atom is 0.279 e. The van der Waals surface area contributed by atoms with E-state index in [1.807, 2.05) is 38.1 Å². The van der Waals surface area contributed by atoms with Gasteiger partial charge in [-0.3, -0.25) is 4.79 Å². The second-order valence-corrected chi connectivity index (χ2v) is 6.73. The van der Waals surface area contributed by atoms with Gasteiger partial charge in [-0.15, -0.1) is 0 Å². The molecule has 130 valence electrons. The molecule has 3 rings (SSSR count). The molecule has 0 atom stereocenters. The zero-order valence-electron chi connectivity index (χ0n) is 14.1. The van der Waals surface area contributed by atoms with E-state index in [0.717, 1.165) is 23.1 Å². The average molecular weight is 361 g/mol. The van der Waals surface area contributed by atoms with Gasteiger partial charge in [0.05, 0.1) is 10.2 Å². The molecule has 0 aliphatic carbocycles. The second-order valence-electron chi connectivity index (χ2n) is 5.72. The maximum atomic E-state index is 14.1. The molecule has 0 aliphatic heterocycles. The predicted octanol–water partition coefficient (Wildman–Crippen LogP) is 3.81. The first-order chi connectivity index (χ1) is 11.9. The number of aromatic nitrogens is 1. The van der Waals surface area contributed by atoms with Crippen LogP contribution in [0.4, 0.5) is 14.5 Å². The van der Waals surface area contributed by atoms with E-state index in [-0.39, 0.29) is 5.52 Å². The number of hydrogen-bond acceptors (Lipinski definition) is 3. The number of fused-ring (bicyclic) bond motifs is 1. The fraction of sp³-hybridized carbons (Fsp3) is 0.222. The monoisotopic (exact) mass is 361 g/mol. The largest absolute Gasteiger partial charge is 0.378 e. The Balaban J connectivity index is 2.08. The molecule has 0 unspecified atom stereocenters. The number of hydrogen-bond donors (Lipinski definition) is 0. The van der Waals surface area contributed by atoms with Gasteiger partial charge < -0.3 is 9.47 Å². The molecule has 25 heavy (non-hydrogen) atoms. The molecule has 1 amide bonds. The topological polar surface area (TPSA) is 37.6 Å². The number of aryl methyl sites for hydroxylation is 1. The number of halogens is 2. The van der Waals surface area contributed by atoms with Crippen molar-refractivity contribution in [1.29, 1.82) is 0 Å². The van der Waals surface area contributed by atoms with Gasteiger partial charge >= 0.3 is 0 Å². The highest BCUT2D eigenvalue weighted by Gasteiger charge is 2.13. The molecule has 0 N–H and O–H groups in total. The standard InChI is InChI=1S/C18H17F2N3OS/c1-4-23-16-14(20)9-12(19)10-15(16)25-18(23)21-17(24)11-5-7-13(8-6-11)22(2)3/h5-10H,4H2,1-3H3. The Morgan fingerprint density at radius 2 is 1.88 bits per heavy atom. The van der Waals surface area contributed by atoms with Crippen molar-refractivity contribution in [2.75, 3.05) is 19.0 Å². The van der Waals surface area contributed by atoms with Gasteiger partial charge in [0.2, 0.25) is 0 Å². The number of benzene rings is 2. The molecule has 1 heterocycles. The van der Waals surface area contributed by atoms with Gasteiger partial charge in [-0.2, -0.15) is 4.99 Å². The summed E-state index contributed by atoms with van der Waals surface area (Å²) in [4.78, 5) is 18.8. The van der Waals surface area contributed by atoms with Crippen LogP contribution in [-0.4, -0.2) is 24.6 Å². The van der Waals surface area contributed by atoms with E-state index >= 15 is 0 Å². The molecular formula is C18H17F2N3OS. The van der Waals surface area contributed by atoms with Crippen LogP contribution in [0, 0.1) is 11.6 Å². The summed E-state index contributed by atoms with van der Waals surface area (Å²) in [6.07, 6.45) is 0. The molecule has 7 heteroatoms. The van der Waals surface area contributed by atoms with E-state index in [1.54, 1.807) is 16.7 Å². The lowest BCUT2D eigenvalue weighted by Crippen LogP contribution is -2.16. The fourth-order valence-electron chi connectivity index (χ4n) is 2.56. The first-order valence-electron chi connectivity index (χ1n) is 7.75. The molecule has 4 nitrogen and oxygen atoms in total. The number of thiazole rings is 1. The summed E-state index contributed by atoms with van der Waals surface area (Å²) in [5.74, 6) is -1.72. The van der Waals surface area contributed by atoms with Crippen molar-refractivity contribution in [3.63, 3.8) is 0 Å². The van der Waals surface area contributed by atoms with Crippen LogP contribution >= 0.6 is 11.3 Å². The highest BCUT2D eigenvalue weighted by atomic mass is 32.1.